The lowest BCUT2D eigenvalue weighted by atomic mass is 9.73. The monoisotopic (exact) mass is 248 g/mol. The first-order valence-electron chi connectivity index (χ1n) is 6.83. The van der Waals surface area contributed by atoms with Gasteiger partial charge >= 0.3 is 0 Å². The second-order valence-corrected chi connectivity index (χ2v) is 5.22. The van der Waals surface area contributed by atoms with Crippen molar-refractivity contribution in [1.29, 1.82) is 0 Å². The summed E-state index contributed by atoms with van der Waals surface area (Å²) in [4.78, 5) is 0. The van der Waals surface area contributed by atoms with Gasteiger partial charge in [-0.25, -0.2) is 0 Å². The molecule has 1 saturated carbocycles. The van der Waals surface area contributed by atoms with Crippen molar-refractivity contribution in [2.45, 2.75) is 50.7 Å². The SMILES string of the molecule is CCc1ccc(CC(NN)C2(OC)CCC2)cc1. The number of rotatable bonds is 6. The molecule has 1 unspecified atom stereocenters. The first-order chi connectivity index (χ1) is 8.74. The van der Waals surface area contributed by atoms with Crippen LogP contribution in [-0.4, -0.2) is 18.8 Å². The van der Waals surface area contributed by atoms with Crippen LogP contribution >= 0.6 is 0 Å². The lowest BCUT2D eigenvalue weighted by molar-refractivity contribution is -0.0982. The number of nitrogens with two attached hydrogens (primary N) is 1. The Morgan fingerprint density at radius 2 is 1.89 bits per heavy atom. The van der Waals surface area contributed by atoms with E-state index in [-0.39, 0.29) is 11.6 Å². The fourth-order valence-corrected chi connectivity index (χ4v) is 2.76. The fraction of sp³-hybridized carbons (Fsp3) is 0.600. The van der Waals surface area contributed by atoms with E-state index in [1.165, 1.54) is 17.5 Å². The molecule has 1 aliphatic carbocycles. The van der Waals surface area contributed by atoms with Crippen LogP contribution in [0.3, 0.4) is 0 Å². The first-order valence-corrected chi connectivity index (χ1v) is 6.83. The summed E-state index contributed by atoms with van der Waals surface area (Å²) in [7, 11) is 1.80. The summed E-state index contributed by atoms with van der Waals surface area (Å²) >= 11 is 0. The Morgan fingerprint density at radius 1 is 1.28 bits per heavy atom. The molecule has 1 aromatic rings. The van der Waals surface area contributed by atoms with E-state index in [4.69, 9.17) is 10.6 Å². The van der Waals surface area contributed by atoms with Gasteiger partial charge in [-0.05, 0) is 43.2 Å². The van der Waals surface area contributed by atoms with Gasteiger partial charge in [0.15, 0.2) is 0 Å². The zero-order chi connectivity index (χ0) is 13.0. The second kappa shape index (κ2) is 5.83. The minimum atomic E-state index is -0.0574. The minimum Gasteiger partial charge on any atom is -0.377 e. The van der Waals surface area contributed by atoms with Gasteiger partial charge in [0.25, 0.3) is 0 Å². The van der Waals surface area contributed by atoms with Gasteiger partial charge in [0.1, 0.15) is 0 Å². The molecule has 1 aromatic carbocycles. The van der Waals surface area contributed by atoms with Crippen molar-refractivity contribution in [3.05, 3.63) is 35.4 Å². The summed E-state index contributed by atoms with van der Waals surface area (Å²) in [5.41, 5.74) is 5.58. The van der Waals surface area contributed by atoms with E-state index in [9.17, 15) is 0 Å². The molecule has 0 spiro atoms. The van der Waals surface area contributed by atoms with E-state index >= 15 is 0 Å². The molecule has 1 fully saturated rings. The van der Waals surface area contributed by atoms with E-state index in [1.54, 1.807) is 7.11 Å². The smallest absolute Gasteiger partial charge is 0.0847 e. The maximum atomic E-state index is 5.72. The Kier molecular flexibility index (Phi) is 4.38. The summed E-state index contributed by atoms with van der Waals surface area (Å²) in [6.45, 7) is 2.17. The molecule has 0 heterocycles. The fourth-order valence-electron chi connectivity index (χ4n) is 2.76. The molecule has 100 valence electrons. The molecule has 3 N–H and O–H groups in total. The third-order valence-electron chi connectivity index (χ3n) is 4.31. The standard InChI is InChI=1S/C15H24N2O/c1-3-12-5-7-13(8-6-12)11-14(17-16)15(18-2)9-4-10-15/h5-8,14,17H,3-4,9-11,16H2,1-2H3. The summed E-state index contributed by atoms with van der Waals surface area (Å²) < 4.78 is 5.70. The molecule has 0 aliphatic heterocycles. The summed E-state index contributed by atoms with van der Waals surface area (Å²) in [5.74, 6) is 5.72. The second-order valence-electron chi connectivity index (χ2n) is 5.22. The van der Waals surface area contributed by atoms with E-state index in [0.717, 1.165) is 25.7 Å². The molecule has 0 saturated heterocycles. The maximum absolute atomic E-state index is 5.72. The number of benzene rings is 1. The maximum Gasteiger partial charge on any atom is 0.0847 e. The summed E-state index contributed by atoms with van der Waals surface area (Å²) in [5, 5.41) is 0. The van der Waals surface area contributed by atoms with Crippen molar-refractivity contribution in [3.63, 3.8) is 0 Å². The van der Waals surface area contributed by atoms with Gasteiger partial charge in [-0.3, -0.25) is 11.3 Å². The Morgan fingerprint density at radius 3 is 2.28 bits per heavy atom. The quantitative estimate of drug-likeness (QED) is 0.599. The van der Waals surface area contributed by atoms with Gasteiger partial charge in [-0.15, -0.1) is 0 Å². The van der Waals surface area contributed by atoms with Crippen LogP contribution in [0.4, 0.5) is 0 Å². The van der Waals surface area contributed by atoms with Gasteiger partial charge < -0.3 is 4.74 Å². The zero-order valence-corrected chi connectivity index (χ0v) is 11.4. The molecule has 1 atom stereocenters. The Balaban J connectivity index is 2.05. The number of nitrogens with one attached hydrogen (secondary N) is 1. The molecule has 3 heteroatoms. The number of hydrogen-bond donors (Lipinski definition) is 2. The molecular formula is C15H24N2O. The average molecular weight is 248 g/mol. The molecule has 0 aromatic heterocycles. The lowest BCUT2D eigenvalue weighted by Gasteiger charge is -2.46. The van der Waals surface area contributed by atoms with Crippen LogP contribution in [0, 0.1) is 0 Å². The average Bonchev–Trinajstić information content (AvgIpc) is 2.37. The highest BCUT2D eigenvalue weighted by molar-refractivity contribution is 5.24. The van der Waals surface area contributed by atoms with Crippen LogP contribution in [0.25, 0.3) is 0 Å². The van der Waals surface area contributed by atoms with E-state index in [2.05, 4.69) is 36.6 Å². The molecule has 18 heavy (non-hydrogen) atoms. The number of methoxy groups -OCH3 is 1. The van der Waals surface area contributed by atoms with Gasteiger partial charge in [-0.2, -0.15) is 0 Å². The number of ether oxygens (including phenoxy) is 1. The number of hydrogen-bond acceptors (Lipinski definition) is 3. The van der Waals surface area contributed by atoms with Crippen LogP contribution in [0.2, 0.25) is 0 Å². The predicted molar refractivity (Wildman–Crippen MR) is 74.2 cm³/mol. The van der Waals surface area contributed by atoms with Crippen molar-refractivity contribution in [2.24, 2.45) is 5.84 Å². The van der Waals surface area contributed by atoms with Crippen molar-refractivity contribution >= 4 is 0 Å². The number of aryl methyl sites for hydroxylation is 1. The third-order valence-corrected chi connectivity index (χ3v) is 4.31. The van der Waals surface area contributed by atoms with E-state index < -0.39 is 0 Å². The lowest BCUT2D eigenvalue weighted by Crippen LogP contribution is -2.59. The summed E-state index contributed by atoms with van der Waals surface area (Å²) in [6.07, 6.45) is 5.45. The van der Waals surface area contributed by atoms with Crippen LogP contribution < -0.4 is 11.3 Å². The molecular weight excluding hydrogens is 224 g/mol. The Labute approximate surface area is 110 Å². The van der Waals surface area contributed by atoms with Gasteiger partial charge in [0.05, 0.1) is 11.6 Å². The molecule has 0 bridgehead atoms. The van der Waals surface area contributed by atoms with Crippen LogP contribution in [-0.2, 0) is 17.6 Å². The van der Waals surface area contributed by atoms with Gasteiger partial charge in [0, 0.05) is 7.11 Å². The predicted octanol–water partition coefficient (Wildman–Crippen LogP) is 2.19. The van der Waals surface area contributed by atoms with E-state index in [1.807, 2.05) is 0 Å². The van der Waals surface area contributed by atoms with Crippen LogP contribution in [0.15, 0.2) is 24.3 Å². The third kappa shape index (κ3) is 2.58. The highest BCUT2D eigenvalue weighted by Crippen LogP contribution is 2.38. The van der Waals surface area contributed by atoms with Crippen LogP contribution in [0.5, 0.6) is 0 Å². The summed E-state index contributed by atoms with van der Waals surface area (Å²) in [6, 6.07) is 8.99. The van der Waals surface area contributed by atoms with Crippen molar-refractivity contribution < 1.29 is 4.74 Å². The molecule has 2 rings (SSSR count). The highest BCUT2D eigenvalue weighted by atomic mass is 16.5. The topological polar surface area (TPSA) is 47.3 Å². The molecule has 3 nitrogen and oxygen atoms in total. The molecule has 1 aliphatic rings. The van der Waals surface area contributed by atoms with Crippen LogP contribution in [0.1, 0.15) is 37.3 Å². The Hall–Kier alpha value is -0.900. The first kappa shape index (κ1) is 13.5. The molecule has 0 radical (unpaired) electrons. The van der Waals surface area contributed by atoms with Crippen molar-refractivity contribution in [1.82, 2.24) is 5.43 Å². The Bertz CT molecular complexity index is 365. The van der Waals surface area contributed by atoms with Crippen molar-refractivity contribution in [2.75, 3.05) is 7.11 Å². The zero-order valence-electron chi connectivity index (χ0n) is 11.4. The van der Waals surface area contributed by atoms with Gasteiger partial charge in [-0.1, -0.05) is 31.2 Å². The molecule has 0 amide bonds. The number of hydrazine groups is 1. The normalized spacial score (nSPS) is 19.3. The van der Waals surface area contributed by atoms with Gasteiger partial charge in [0.2, 0.25) is 0 Å². The highest BCUT2D eigenvalue weighted by Gasteiger charge is 2.43. The van der Waals surface area contributed by atoms with Crippen molar-refractivity contribution in [3.8, 4) is 0 Å². The van der Waals surface area contributed by atoms with E-state index in [0.29, 0.717) is 0 Å². The largest absolute Gasteiger partial charge is 0.377 e. The minimum absolute atomic E-state index is 0.0574.